The number of rotatable bonds is 4. The summed E-state index contributed by atoms with van der Waals surface area (Å²) < 4.78 is 4.67. The van der Waals surface area contributed by atoms with Crippen molar-refractivity contribution < 1.29 is 19.4 Å². The van der Waals surface area contributed by atoms with Crippen LogP contribution in [-0.2, 0) is 9.53 Å². The molecule has 0 aliphatic carbocycles. The number of hydrogen-bond acceptors (Lipinski definition) is 4. The van der Waals surface area contributed by atoms with Crippen LogP contribution in [0.3, 0.4) is 0 Å². The van der Waals surface area contributed by atoms with E-state index in [9.17, 15) is 9.59 Å². The van der Waals surface area contributed by atoms with Gasteiger partial charge in [-0.15, -0.1) is 0 Å². The number of ether oxygens (including phenoxy) is 1. The molecule has 1 aromatic rings. The maximum Gasteiger partial charge on any atom is 0.313 e. The van der Waals surface area contributed by atoms with E-state index in [2.05, 4.69) is 4.74 Å². The van der Waals surface area contributed by atoms with Gasteiger partial charge in [0.15, 0.2) is 5.78 Å². The second-order valence-electron chi connectivity index (χ2n) is 2.77. The largest absolute Gasteiger partial charge is 0.466 e. The summed E-state index contributed by atoms with van der Waals surface area (Å²) in [6.45, 7) is 6.02. The van der Waals surface area contributed by atoms with Crippen LogP contribution in [-0.4, -0.2) is 30.6 Å². The molecular weight excluding hydrogens is 232 g/mol. The molecule has 0 aliphatic heterocycles. The molecule has 0 bridgehead atoms. The minimum Gasteiger partial charge on any atom is -0.466 e. The quantitative estimate of drug-likeness (QED) is 0.509. The number of carbonyl (C=O) groups is 2. The van der Waals surface area contributed by atoms with Crippen LogP contribution < -0.4 is 0 Å². The molecule has 0 heterocycles. The second kappa shape index (κ2) is 13.4. The lowest BCUT2D eigenvalue weighted by Gasteiger charge is -2.00. The number of aliphatic hydroxyl groups excluding tert-OH is 1. The summed E-state index contributed by atoms with van der Waals surface area (Å²) in [6.07, 6.45) is -0.183. The highest BCUT2D eigenvalue weighted by Gasteiger charge is 2.11. The third-order valence-electron chi connectivity index (χ3n) is 1.71. The normalized spacial score (nSPS) is 8.06. The summed E-state index contributed by atoms with van der Waals surface area (Å²) in [4.78, 5) is 22.4. The van der Waals surface area contributed by atoms with Crippen LogP contribution in [0.4, 0.5) is 0 Å². The molecule has 0 atom stereocenters. The number of esters is 1. The topological polar surface area (TPSA) is 63.6 Å². The molecular formula is C14H22O4. The lowest BCUT2D eigenvalue weighted by atomic mass is 10.1. The van der Waals surface area contributed by atoms with Crippen LogP contribution in [0.1, 0.15) is 37.6 Å². The van der Waals surface area contributed by atoms with Gasteiger partial charge in [-0.25, -0.2) is 0 Å². The first kappa shape index (κ1) is 18.7. The average Bonchev–Trinajstić information content (AvgIpc) is 2.44. The first-order chi connectivity index (χ1) is 8.74. The first-order valence-corrected chi connectivity index (χ1v) is 5.92. The smallest absolute Gasteiger partial charge is 0.313 e. The SMILES string of the molecule is CC.CCOC(=O)CC(=O)c1ccccc1.CO. The van der Waals surface area contributed by atoms with E-state index in [1.165, 1.54) is 0 Å². The van der Waals surface area contributed by atoms with E-state index >= 15 is 0 Å². The van der Waals surface area contributed by atoms with Gasteiger partial charge in [0.2, 0.25) is 0 Å². The zero-order valence-corrected chi connectivity index (χ0v) is 11.5. The number of carbonyl (C=O) groups excluding carboxylic acids is 2. The fraction of sp³-hybridized carbons (Fsp3) is 0.429. The Balaban J connectivity index is 0. The molecule has 1 rings (SSSR count). The highest BCUT2D eigenvalue weighted by atomic mass is 16.5. The van der Waals surface area contributed by atoms with Crippen molar-refractivity contribution in [3.8, 4) is 0 Å². The van der Waals surface area contributed by atoms with Gasteiger partial charge < -0.3 is 9.84 Å². The molecule has 0 unspecified atom stereocenters. The van der Waals surface area contributed by atoms with Gasteiger partial charge in [-0.3, -0.25) is 9.59 Å². The van der Waals surface area contributed by atoms with Crippen molar-refractivity contribution in [1.29, 1.82) is 0 Å². The number of hydrogen-bond donors (Lipinski definition) is 1. The Labute approximate surface area is 109 Å². The van der Waals surface area contributed by atoms with Crippen molar-refractivity contribution in [2.75, 3.05) is 13.7 Å². The van der Waals surface area contributed by atoms with E-state index in [4.69, 9.17) is 5.11 Å². The molecule has 0 saturated carbocycles. The molecule has 4 heteroatoms. The van der Waals surface area contributed by atoms with Crippen molar-refractivity contribution in [3.63, 3.8) is 0 Å². The number of ketones is 1. The fourth-order valence-corrected chi connectivity index (χ4v) is 1.07. The summed E-state index contributed by atoms with van der Waals surface area (Å²) in [5.41, 5.74) is 0.542. The van der Waals surface area contributed by atoms with Gasteiger partial charge in [0.05, 0.1) is 6.61 Å². The molecule has 1 N–H and O–H groups in total. The molecule has 102 valence electrons. The third-order valence-corrected chi connectivity index (χ3v) is 1.71. The van der Waals surface area contributed by atoms with Crippen LogP contribution in [0, 0.1) is 0 Å². The highest BCUT2D eigenvalue weighted by Crippen LogP contribution is 2.03. The Kier molecular flexibility index (Phi) is 13.9. The standard InChI is InChI=1S/C11H12O3.C2H6.CH4O/c1-2-14-11(13)8-10(12)9-6-4-3-5-7-9;2*1-2/h3-7H,2,8H2,1H3;1-2H3;2H,1H3. The minimum absolute atomic E-state index is 0.183. The number of aliphatic hydroxyl groups is 1. The second-order valence-corrected chi connectivity index (χ2v) is 2.77. The van der Waals surface area contributed by atoms with E-state index in [-0.39, 0.29) is 12.2 Å². The monoisotopic (exact) mass is 254 g/mol. The van der Waals surface area contributed by atoms with Crippen molar-refractivity contribution in [1.82, 2.24) is 0 Å². The molecule has 0 amide bonds. The lowest BCUT2D eigenvalue weighted by Crippen LogP contribution is -2.11. The maximum atomic E-state index is 11.4. The predicted octanol–water partition coefficient (Wildman–Crippen LogP) is 2.46. The van der Waals surface area contributed by atoms with Gasteiger partial charge in [-0.2, -0.15) is 0 Å². The zero-order valence-electron chi connectivity index (χ0n) is 11.5. The van der Waals surface area contributed by atoms with E-state index < -0.39 is 5.97 Å². The minimum atomic E-state index is -0.471. The van der Waals surface area contributed by atoms with Gasteiger partial charge in [0.1, 0.15) is 6.42 Å². The summed E-state index contributed by atoms with van der Waals surface area (Å²) in [6, 6.07) is 8.71. The van der Waals surface area contributed by atoms with Crippen molar-refractivity contribution >= 4 is 11.8 Å². The van der Waals surface area contributed by atoms with Gasteiger partial charge >= 0.3 is 5.97 Å². The lowest BCUT2D eigenvalue weighted by molar-refractivity contribution is -0.141. The van der Waals surface area contributed by atoms with E-state index in [1.54, 1.807) is 31.2 Å². The summed E-state index contributed by atoms with van der Waals surface area (Å²) >= 11 is 0. The highest BCUT2D eigenvalue weighted by molar-refractivity contribution is 6.05. The molecule has 0 aromatic heterocycles. The molecule has 0 radical (unpaired) electrons. The Morgan fingerprint density at radius 2 is 1.61 bits per heavy atom. The van der Waals surface area contributed by atoms with E-state index in [1.807, 2.05) is 19.9 Å². The van der Waals surface area contributed by atoms with Crippen LogP contribution in [0.5, 0.6) is 0 Å². The Morgan fingerprint density at radius 1 is 1.11 bits per heavy atom. The number of Topliss-reactive ketones (excluding diaryl/α,β-unsaturated/α-hetero) is 1. The van der Waals surface area contributed by atoms with Gasteiger partial charge in [0.25, 0.3) is 0 Å². The summed E-state index contributed by atoms with van der Waals surface area (Å²) in [5.74, 6) is -0.676. The van der Waals surface area contributed by atoms with Gasteiger partial charge in [-0.1, -0.05) is 44.2 Å². The fourth-order valence-electron chi connectivity index (χ4n) is 1.07. The van der Waals surface area contributed by atoms with Crippen molar-refractivity contribution in [2.45, 2.75) is 27.2 Å². The van der Waals surface area contributed by atoms with Crippen LogP contribution in [0.15, 0.2) is 30.3 Å². The molecule has 0 fully saturated rings. The Morgan fingerprint density at radius 3 is 2.06 bits per heavy atom. The molecule has 18 heavy (non-hydrogen) atoms. The molecule has 1 aromatic carbocycles. The van der Waals surface area contributed by atoms with E-state index in [0.717, 1.165) is 7.11 Å². The summed E-state index contributed by atoms with van der Waals surface area (Å²) in [5, 5.41) is 7.00. The zero-order chi connectivity index (χ0) is 14.4. The third kappa shape index (κ3) is 8.47. The first-order valence-electron chi connectivity index (χ1n) is 5.92. The van der Waals surface area contributed by atoms with Gasteiger partial charge in [-0.05, 0) is 6.92 Å². The molecule has 0 spiro atoms. The van der Waals surface area contributed by atoms with Crippen LogP contribution in [0.25, 0.3) is 0 Å². The molecule has 4 nitrogen and oxygen atoms in total. The Hall–Kier alpha value is -1.68. The van der Waals surface area contributed by atoms with E-state index in [0.29, 0.717) is 12.2 Å². The van der Waals surface area contributed by atoms with Gasteiger partial charge in [0, 0.05) is 12.7 Å². The average molecular weight is 254 g/mol. The van der Waals surface area contributed by atoms with Crippen molar-refractivity contribution in [3.05, 3.63) is 35.9 Å². The van der Waals surface area contributed by atoms with Crippen LogP contribution >= 0.6 is 0 Å². The Bertz CT molecular complexity index is 320. The molecule has 0 saturated heterocycles. The summed E-state index contributed by atoms with van der Waals surface area (Å²) in [7, 11) is 1.00. The molecule has 0 aliphatic rings. The van der Waals surface area contributed by atoms with Crippen LogP contribution in [0.2, 0.25) is 0 Å². The number of benzene rings is 1. The van der Waals surface area contributed by atoms with Crippen molar-refractivity contribution in [2.24, 2.45) is 0 Å². The maximum absolute atomic E-state index is 11.4. The predicted molar refractivity (Wildman–Crippen MR) is 71.5 cm³/mol.